The molecular formula is C17H22IN3O2S. The highest BCUT2D eigenvalue weighted by Crippen LogP contribution is 2.08. The zero-order chi connectivity index (χ0) is 16.5. The lowest BCUT2D eigenvalue weighted by Gasteiger charge is -2.06. The van der Waals surface area contributed by atoms with E-state index in [4.69, 9.17) is 5.73 Å². The van der Waals surface area contributed by atoms with Gasteiger partial charge in [0.05, 0.1) is 12.7 Å². The SMILES string of the molecule is COC(=O)c1ccc(CCNC(N)=NCCc2cccs2)cc1.I. The Hall–Kier alpha value is -1.61. The first kappa shape index (κ1) is 20.4. The molecule has 3 N–H and O–H groups in total. The lowest BCUT2D eigenvalue weighted by molar-refractivity contribution is 0.0600. The van der Waals surface area contributed by atoms with Crippen molar-refractivity contribution in [3.63, 3.8) is 0 Å². The van der Waals surface area contributed by atoms with Gasteiger partial charge in [-0.15, -0.1) is 35.3 Å². The largest absolute Gasteiger partial charge is 0.465 e. The summed E-state index contributed by atoms with van der Waals surface area (Å²) in [6.45, 7) is 1.39. The predicted octanol–water partition coefficient (Wildman–Crippen LogP) is 2.84. The Morgan fingerprint density at radius 1 is 1.25 bits per heavy atom. The highest BCUT2D eigenvalue weighted by Gasteiger charge is 2.04. The Balaban J connectivity index is 0.00000288. The molecule has 2 aromatic rings. The average molecular weight is 459 g/mol. The number of nitrogens with one attached hydrogen (secondary N) is 1. The molecule has 7 heteroatoms. The predicted molar refractivity (Wildman–Crippen MR) is 109 cm³/mol. The van der Waals surface area contributed by atoms with Crippen molar-refractivity contribution in [2.75, 3.05) is 20.2 Å². The Morgan fingerprint density at radius 3 is 2.62 bits per heavy atom. The zero-order valence-corrected chi connectivity index (χ0v) is 16.7. The van der Waals surface area contributed by atoms with Crippen molar-refractivity contribution in [2.24, 2.45) is 10.7 Å². The number of rotatable bonds is 7. The molecule has 130 valence electrons. The quantitative estimate of drug-likeness (QED) is 0.289. The van der Waals surface area contributed by atoms with Gasteiger partial charge in [0, 0.05) is 24.4 Å². The van der Waals surface area contributed by atoms with Crippen molar-refractivity contribution >= 4 is 47.2 Å². The number of thiophene rings is 1. The van der Waals surface area contributed by atoms with Crippen LogP contribution < -0.4 is 11.1 Å². The second kappa shape index (κ2) is 11.0. The summed E-state index contributed by atoms with van der Waals surface area (Å²) in [5.74, 6) is 0.143. The summed E-state index contributed by atoms with van der Waals surface area (Å²) in [6, 6.07) is 11.5. The number of guanidine groups is 1. The minimum atomic E-state index is -0.322. The number of hydrogen-bond donors (Lipinski definition) is 2. The van der Waals surface area contributed by atoms with Crippen LogP contribution in [0.15, 0.2) is 46.8 Å². The van der Waals surface area contributed by atoms with Crippen LogP contribution in [0.2, 0.25) is 0 Å². The molecule has 1 aromatic heterocycles. The second-order valence-electron chi connectivity index (χ2n) is 4.96. The molecule has 0 aliphatic rings. The van der Waals surface area contributed by atoms with Crippen LogP contribution in [0, 0.1) is 0 Å². The van der Waals surface area contributed by atoms with Gasteiger partial charge in [0.25, 0.3) is 0 Å². The van der Waals surface area contributed by atoms with E-state index >= 15 is 0 Å². The molecule has 24 heavy (non-hydrogen) atoms. The first-order valence-electron chi connectivity index (χ1n) is 7.42. The van der Waals surface area contributed by atoms with Gasteiger partial charge in [-0.2, -0.15) is 0 Å². The summed E-state index contributed by atoms with van der Waals surface area (Å²) in [4.78, 5) is 17.0. The third kappa shape index (κ3) is 6.88. The van der Waals surface area contributed by atoms with E-state index < -0.39 is 0 Å². The van der Waals surface area contributed by atoms with Gasteiger partial charge in [0.2, 0.25) is 0 Å². The summed E-state index contributed by atoms with van der Waals surface area (Å²) < 4.78 is 4.67. The minimum Gasteiger partial charge on any atom is -0.465 e. The number of esters is 1. The number of nitrogens with zero attached hydrogens (tertiary/aromatic N) is 1. The minimum absolute atomic E-state index is 0. The summed E-state index contributed by atoms with van der Waals surface area (Å²) in [7, 11) is 1.38. The van der Waals surface area contributed by atoms with Gasteiger partial charge in [0.1, 0.15) is 0 Å². The van der Waals surface area contributed by atoms with Crippen LogP contribution in [0.1, 0.15) is 20.8 Å². The fraction of sp³-hybridized carbons (Fsp3) is 0.294. The Bertz CT molecular complexity index is 642. The molecule has 0 fully saturated rings. The van der Waals surface area contributed by atoms with Gasteiger partial charge >= 0.3 is 5.97 Å². The zero-order valence-electron chi connectivity index (χ0n) is 13.5. The highest BCUT2D eigenvalue weighted by molar-refractivity contribution is 14.0. The first-order chi connectivity index (χ1) is 11.2. The van der Waals surface area contributed by atoms with E-state index in [1.54, 1.807) is 23.5 Å². The van der Waals surface area contributed by atoms with Gasteiger partial charge in [-0.1, -0.05) is 18.2 Å². The Labute approximate surface area is 163 Å². The lowest BCUT2D eigenvalue weighted by Crippen LogP contribution is -2.33. The molecule has 1 aromatic carbocycles. The highest BCUT2D eigenvalue weighted by atomic mass is 127. The maximum absolute atomic E-state index is 11.3. The van der Waals surface area contributed by atoms with Crippen molar-refractivity contribution in [2.45, 2.75) is 12.8 Å². The van der Waals surface area contributed by atoms with Gasteiger partial charge in [-0.05, 0) is 35.6 Å². The van der Waals surface area contributed by atoms with Gasteiger partial charge in [0.15, 0.2) is 5.96 Å². The molecule has 0 bridgehead atoms. The molecule has 0 aliphatic heterocycles. The van der Waals surface area contributed by atoms with Crippen LogP contribution in [-0.2, 0) is 17.6 Å². The molecule has 1 heterocycles. The van der Waals surface area contributed by atoms with Crippen molar-refractivity contribution in [3.8, 4) is 0 Å². The number of benzene rings is 1. The van der Waals surface area contributed by atoms with E-state index in [0.29, 0.717) is 24.6 Å². The fourth-order valence-electron chi connectivity index (χ4n) is 2.06. The van der Waals surface area contributed by atoms with Crippen molar-refractivity contribution in [1.82, 2.24) is 5.32 Å². The standard InChI is InChI=1S/C17H21N3O2S.HI/c1-22-16(21)14-6-4-13(5-7-14)8-10-19-17(18)20-11-9-15-3-2-12-23-15;/h2-7,12H,8-11H2,1H3,(H3,18,19,20);1H. The molecule has 0 atom stereocenters. The fourth-order valence-corrected chi connectivity index (χ4v) is 2.76. The van der Waals surface area contributed by atoms with Crippen LogP contribution in [0.25, 0.3) is 0 Å². The number of methoxy groups -OCH3 is 1. The third-order valence-corrected chi connectivity index (χ3v) is 4.25. The maximum atomic E-state index is 11.3. The van der Waals surface area contributed by atoms with Gasteiger partial charge < -0.3 is 15.8 Å². The van der Waals surface area contributed by atoms with E-state index in [1.807, 2.05) is 18.2 Å². The molecular weight excluding hydrogens is 437 g/mol. The summed E-state index contributed by atoms with van der Waals surface area (Å²) in [5.41, 5.74) is 7.52. The van der Waals surface area contributed by atoms with Crippen molar-refractivity contribution in [3.05, 3.63) is 57.8 Å². The van der Waals surface area contributed by atoms with E-state index in [0.717, 1.165) is 18.4 Å². The molecule has 0 radical (unpaired) electrons. The van der Waals surface area contributed by atoms with E-state index in [9.17, 15) is 4.79 Å². The number of carbonyl (C=O) groups excluding carboxylic acids is 1. The number of aliphatic imine (C=N–C) groups is 1. The van der Waals surface area contributed by atoms with Crippen molar-refractivity contribution < 1.29 is 9.53 Å². The first-order valence-corrected chi connectivity index (χ1v) is 8.30. The smallest absolute Gasteiger partial charge is 0.337 e. The number of hydrogen-bond acceptors (Lipinski definition) is 4. The van der Waals surface area contributed by atoms with Crippen LogP contribution in [0.5, 0.6) is 0 Å². The third-order valence-electron chi connectivity index (χ3n) is 3.32. The van der Waals surface area contributed by atoms with E-state index in [2.05, 4.69) is 26.5 Å². The molecule has 0 saturated heterocycles. The molecule has 0 saturated carbocycles. The summed E-state index contributed by atoms with van der Waals surface area (Å²) in [5, 5.41) is 5.16. The number of halogens is 1. The van der Waals surface area contributed by atoms with E-state index in [-0.39, 0.29) is 29.9 Å². The maximum Gasteiger partial charge on any atom is 0.337 e. The molecule has 0 unspecified atom stereocenters. The lowest BCUT2D eigenvalue weighted by atomic mass is 10.1. The normalized spacial score (nSPS) is 10.8. The Morgan fingerprint density at radius 2 is 2.00 bits per heavy atom. The summed E-state index contributed by atoms with van der Waals surface area (Å²) in [6.07, 6.45) is 1.72. The van der Waals surface area contributed by atoms with Crippen LogP contribution in [0.3, 0.4) is 0 Å². The van der Waals surface area contributed by atoms with E-state index in [1.165, 1.54) is 12.0 Å². The van der Waals surface area contributed by atoms with Crippen molar-refractivity contribution in [1.29, 1.82) is 0 Å². The number of nitrogens with two attached hydrogens (primary N) is 1. The van der Waals surface area contributed by atoms with Crippen LogP contribution in [-0.4, -0.2) is 32.1 Å². The van der Waals surface area contributed by atoms with Gasteiger partial charge in [-0.25, -0.2) is 4.79 Å². The van der Waals surface area contributed by atoms with Crippen LogP contribution >= 0.6 is 35.3 Å². The molecule has 0 spiro atoms. The number of carbonyl (C=O) groups is 1. The molecule has 5 nitrogen and oxygen atoms in total. The summed E-state index contributed by atoms with van der Waals surface area (Å²) >= 11 is 1.73. The number of ether oxygens (including phenoxy) is 1. The Kier molecular flexibility index (Phi) is 9.39. The second-order valence-corrected chi connectivity index (χ2v) is 5.99. The molecule has 0 aliphatic carbocycles. The monoisotopic (exact) mass is 459 g/mol. The van der Waals surface area contributed by atoms with Crippen LogP contribution in [0.4, 0.5) is 0 Å². The average Bonchev–Trinajstić information content (AvgIpc) is 3.08. The topological polar surface area (TPSA) is 76.7 Å². The molecule has 0 amide bonds. The van der Waals surface area contributed by atoms with Gasteiger partial charge in [-0.3, -0.25) is 4.99 Å². The molecule has 2 rings (SSSR count).